The Hall–Kier alpha value is -2.16. The highest BCUT2D eigenvalue weighted by molar-refractivity contribution is 5.94. The van der Waals surface area contributed by atoms with Gasteiger partial charge in [-0.15, -0.1) is 0 Å². The third-order valence-electron chi connectivity index (χ3n) is 2.82. The van der Waals surface area contributed by atoms with Gasteiger partial charge in [0.15, 0.2) is 0 Å². The summed E-state index contributed by atoms with van der Waals surface area (Å²) in [7, 11) is 1.69. The Balaban J connectivity index is 2.12. The third kappa shape index (κ3) is 2.74. The monoisotopic (exact) mass is 243 g/mol. The molecule has 0 unspecified atom stereocenters. The van der Waals surface area contributed by atoms with Crippen LogP contribution in [-0.2, 0) is 11.2 Å². The first-order chi connectivity index (χ1) is 8.68. The van der Waals surface area contributed by atoms with Crippen LogP contribution in [0, 0.1) is 5.82 Å². The van der Waals surface area contributed by atoms with Gasteiger partial charge in [0.25, 0.3) is 0 Å². The number of nitrogens with zero attached hydrogens (tertiary/aromatic N) is 1. The minimum Gasteiger partial charge on any atom is -0.315 e. The van der Waals surface area contributed by atoms with Crippen molar-refractivity contribution in [1.29, 1.82) is 0 Å². The molecule has 0 heterocycles. The molecule has 0 saturated heterocycles. The lowest BCUT2D eigenvalue weighted by atomic mass is 10.1. The summed E-state index contributed by atoms with van der Waals surface area (Å²) in [6.07, 6.45) is 0.0675. The van der Waals surface area contributed by atoms with Crippen molar-refractivity contribution in [1.82, 2.24) is 0 Å². The van der Waals surface area contributed by atoms with Crippen LogP contribution < -0.4 is 4.90 Å². The van der Waals surface area contributed by atoms with E-state index in [1.165, 1.54) is 11.0 Å². The predicted molar refractivity (Wildman–Crippen MR) is 70.0 cm³/mol. The molecule has 0 N–H and O–H groups in total. The Labute approximate surface area is 106 Å². The van der Waals surface area contributed by atoms with Gasteiger partial charge in [-0.05, 0) is 23.8 Å². The quantitative estimate of drug-likeness (QED) is 0.811. The van der Waals surface area contributed by atoms with Crippen LogP contribution in [0.25, 0.3) is 0 Å². The normalized spacial score (nSPS) is 10.1. The number of anilines is 1. The molecule has 0 saturated carbocycles. The molecule has 0 aliphatic carbocycles. The Morgan fingerprint density at radius 1 is 1.06 bits per heavy atom. The fraction of sp³-hybridized carbons (Fsp3) is 0.133. The largest absolute Gasteiger partial charge is 0.315 e. The van der Waals surface area contributed by atoms with Crippen molar-refractivity contribution in [3.05, 3.63) is 66.0 Å². The van der Waals surface area contributed by atoms with Crippen molar-refractivity contribution < 1.29 is 9.18 Å². The van der Waals surface area contributed by atoms with Crippen LogP contribution in [0.1, 0.15) is 5.56 Å². The molecule has 0 atom stereocenters. The molecular formula is C15H14FNO. The van der Waals surface area contributed by atoms with Gasteiger partial charge in [-0.1, -0.05) is 36.4 Å². The van der Waals surface area contributed by atoms with E-state index < -0.39 is 0 Å². The summed E-state index contributed by atoms with van der Waals surface area (Å²) in [6.45, 7) is 0. The smallest absolute Gasteiger partial charge is 0.231 e. The van der Waals surface area contributed by atoms with E-state index in [-0.39, 0.29) is 18.1 Å². The molecule has 0 radical (unpaired) electrons. The molecule has 2 aromatic rings. The number of likely N-dealkylation sites (N-methyl/N-ethyl adjacent to an activating group) is 1. The van der Waals surface area contributed by atoms with Crippen LogP contribution in [0.5, 0.6) is 0 Å². The summed E-state index contributed by atoms with van der Waals surface area (Å²) in [6, 6.07) is 15.7. The highest BCUT2D eigenvalue weighted by Gasteiger charge is 2.13. The van der Waals surface area contributed by atoms with E-state index in [4.69, 9.17) is 0 Å². The topological polar surface area (TPSA) is 20.3 Å². The number of halogens is 1. The minimum absolute atomic E-state index is 0.0675. The summed E-state index contributed by atoms with van der Waals surface area (Å²) in [5, 5.41) is 0. The molecule has 1 amide bonds. The summed E-state index contributed by atoms with van der Waals surface area (Å²) in [5.41, 5.74) is 1.23. The van der Waals surface area contributed by atoms with Gasteiger partial charge in [0.2, 0.25) is 5.91 Å². The number of hydrogen-bond acceptors (Lipinski definition) is 1. The van der Waals surface area contributed by atoms with E-state index in [0.717, 1.165) is 5.69 Å². The maximum absolute atomic E-state index is 13.4. The summed E-state index contributed by atoms with van der Waals surface area (Å²) in [4.78, 5) is 13.6. The molecule has 2 nitrogen and oxygen atoms in total. The Kier molecular flexibility index (Phi) is 3.72. The molecular weight excluding hydrogens is 229 g/mol. The highest BCUT2D eigenvalue weighted by atomic mass is 19.1. The molecule has 0 bridgehead atoms. The van der Waals surface area contributed by atoms with E-state index in [1.54, 1.807) is 25.2 Å². The molecule has 0 aliphatic heterocycles. The number of benzene rings is 2. The van der Waals surface area contributed by atoms with Crippen LogP contribution in [0.3, 0.4) is 0 Å². The van der Waals surface area contributed by atoms with Gasteiger partial charge in [-0.2, -0.15) is 0 Å². The van der Waals surface area contributed by atoms with Crippen molar-refractivity contribution in [3.63, 3.8) is 0 Å². The fourth-order valence-corrected chi connectivity index (χ4v) is 1.72. The van der Waals surface area contributed by atoms with Gasteiger partial charge >= 0.3 is 0 Å². The predicted octanol–water partition coefficient (Wildman–Crippen LogP) is 3.03. The number of amides is 1. The van der Waals surface area contributed by atoms with E-state index in [0.29, 0.717) is 5.56 Å². The number of hydrogen-bond donors (Lipinski definition) is 0. The number of para-hydroxylation sites is 1. The van der Waals surface area contributed by atoms with E-state index in [2.05, 4.69) is 0 Å². The second-order valence-corrected chi connectivity index (χ2v) is 4.06. The zero-order valence-corrected chi connectivity index (χ0v) is 10.1. The van der Waals surface area contributed by atoms with Gasteiger partial charge in [-0.3, -0.25) is 4.79 Å². The number of carbonyl (C=O) groups excluding carboxylic acids is 1. The molecule has 0 fully saturated rings. The second kappa shape index (κ2) is 5.45. The minimum atomic E-state index is -0.340. The van der Waals surface area contributed by atoms with Gasteiger partial charge in [0, 0.05) is 12.7 Å². The van der Waals surface area contributed by atoms with Crippen LogP contribution in [-0.4, -0.2) is 13.0 Å². The molecule has 2 rings (SSSR count). The fourth-order valence-electron chi connectivity index (χ4n) is 1.72. The van der Waals surface area contributed by atoms with E-state index >= 15 is 0 Å². The van der Waals surface area contributed by atoms with Crippen molar-refractivity contribution in [3.8, 4) is 0 Å². The maximum atomic E-state index is 13.4. The molecule has 0 aliphatic rings. The number of carbonyl (C=O) groups is 1. The first-order valence-corrected chi connectivity index (χ1v) is 5.73. The van der Waals surface area contributed by atoms with Crippen LogP contribution in [0.2, 0.25) is 0 Å². The van der Waals surface area contributed by atoms with Crippen molar-refractivity contribution in [2.75, 3.05) is 11.9 Å². The van der Waals surface area contributed by atoms with E-state index in [9.17, 15) is 9.18 Å². The Morgan fingerprint density at radius 3 is 2.33 bits per heavy atom. The SMILES string of the molecule is CN(C(=O)Cc1ccccc1F)c1ccccc1. The summed E-state index contributed by atoms with van der Waals surface area (Å²) in [5.74, 6) is -0.474. The standard InChI is InChI=1S/C15H14FNO/c1-17(13-8-3-2-4-9-13)15(18)11-12-7-5-6-10-14(12)16/h2-10H,11H2,1H3. The molecule has 2 aromatic carbocycles. The van der Waals surface area contributed by atoms with Gasteiger partial charge in [-0.25, -0.2) is 4.39 Å². The summed E-state index contributed by atoms with van der Waals surface area (Å²) < 4.78 is 13.4. The maximum Gasteiger partial charge on any atom is 0.231 e. The summed E-state index contributed by atoms with van der Waals surface area (Å²) >= 11 is 0. The molecule has 0 spiro atoms. The Morgan fingerprint density at radius 2 is 1.67 bits per heavy atom. The van der Waals surface area contributed by atoms with E-state index in [1.807, 2.05) is 30.3 Å². The molecule has 18 heavy (non-hydrogen) atoms. The van der Waals surface area contributed by atoms with Crippen molar-refractivity contribution in [2.45, 2.75) is 6.42 Å². The van der Waals surface area contributed by atoms with Crippen LogP contribution >= 0.6 is 0 Å². The average Bonchev–Trinajstić information content (AvgIpc) is 2.41. The molecule has 92 valence electrons. The van der Waals surface area contributed by atoms with Gasteiger partial charge < -0.3 is 4.90 Å². The first-order valence-electron chi connectivity index (χ1n) is 5.73. The van der Waals surface area contributed by atoms with Crippen LogP contribution in [0.15, 0.2) is 54.6 Å². The zero-order chi connectivity index (χ0) is 13.0. The molecule has 3 heteroatoms. The lowest BCUT2D eigenvalue weighted by Crippen LogP contribution is -2.28. The highest BCUT2D eigenvalue weighted by Crippen LogP contribution is 2.14. The first kappa shape index (κ1) is 12.3. The average molecular weight is 243 g/mol. The van der Waals surface area contributed by atoms with Crippen molar-refractivity contribution >= 4 is 11.6 Å². The zero-order valence-electron chi connectivity index (χ0n) is 10.1. The lowest BCUT2D eigenvalue weighted by molar-refractivity contribution is -0.117. The third-order valence-corrected chi connectivity index (χ3v) is 2.82. The van der Waals surface area contributed by atoms with Crippen LogP contribution in [0.4, 0.5) is 10.1 Å². The second-order valence-electron chi connectivity index (χ2n) is 4.06. The van der Waals surface area contributed by atoms with Gasteiger partial charge in [0.05, 0.1) is 6.42 Å². The lowest BCUT2D eigenvalue weighted by Gasteiger charge is -2.17. The van der Waals surface area contributed by atoms with Crippen molar-refractivity contribution in [2.24, 2.45) is 0 Å². The molecule has 0 aromatic heterocycles. The Bertz CT molecular complexity index is 539. The number of rotatable bonds is 3. The van der Waals surface area contributed by atoms with Gasteiger partial charge in [0.1, 0.15) is 5.82 Å².